The predicted molar refractivity (Wildman–Crippen MR) is 101 cm³/mol. The maximum Gasteiger partial charge on any atom is 0.330 e. The molecule has 0 amide bonds. The minimum atomic E-state index is -0.163. The summed E-state index contributed by atoms with van der Waals surface area (Å²) in [6.45, 7) is 4.87. The minimum absolute atomic E-state index is 0.163. The smallest absolute Gasteiger partial charge is 0.330 e. The molecule has 0 aromatic carbocycles. The van der Waals surface area contributed by atoms with Gasteiger partial charge in [0.2, 0.25) is 0 Å². The van der Waals surface area contributed by atoms with Gasteiger partial charge < -0.3 is 4.74 Å². The number of hydrogen-bond acceptors (Lipinski definition) is 2. The zero-order chi connectivity index (χ0) is 17.2. The molecule has 24 heavy (non-hydrogen) atoms. The van der Waals surface area contributed by atoms with Crippen LogP contribution in [-0.4, -0.2) is 12.6 Å². The molecule has 0 atom stereocenters. The van der Waals surface area contributed by atoms with Crippen LogP contribution in [0, 0.1) is 23.7 Å². The van der Waals surface area contributed by atoms with Crippen molar-refractivity contribution in [3.63, 3.8) is 0 Å². The molecule has 2 aliphatic rings. The van der Waals surface area contributed by atoms with Crippen molar-refractivity contribution in [3.05, 3.63) is 12.2 Å². The van der Waals surface area contributed by atoms with Crippen molar-refractivity contribution in [1.82, 2.24) is 0 Å². The van der Waals surface area contributed by atoms with Gasteiger partial charge in [-0.05, 0) is 68.6 Å². The molecule has 0 aromatic rings. The Morgan fingerprint density at radius 3 is 2.12 bits per heavy atom. The Hall–Kier alpha value is -0.790. The van der Waals surface area contributed by atoms with Crippen LogP contribution in [0.3, 0.4) is 0 Å². The molecular formula is C22H38O2. The first-order valence-corrected chi connectivity index (χ1v) is 10.6. The number of rotatable bonds is 8. The van der Waals surface area contributed by atoms with E-state index in [1.165, 1.54) is 70.6 Å². The fraction of sp³-hybridized carbons (Fsp3) is 0.864. The second-order valence-corrected chi connectivity index (χ2v) is 8.12. The molecule has 2 fully saturated rings. The number of ether oxygens (including phenoxy) is 1. The van der Waals surface area contributed by atoms with Gasteiger partial charge in [-0.15, -0.1) is 0 Å². The van der Waals surface area contributed by atoms with E-state index in [9.17, 15) is 4.79 Å². The van der Waals surface area contributed by atoms with Crippen LogP contribution < -0.4 is 0 Å². The molecule has 138 valence electrons. The van der Waals surface area contributed by atoms with Crippen molar-refractivity contribution in [2.45, 2.75) is 90.9 Å². The number of carbonyl (C=O) groups excluding carboxylic acids is 1. The van der Waals surface area contributed by atoms with Crippen molar-refractivity contribution in [2.24, 2.45) is 23.7 Å². The van der Waals surface area contributed by atoms with E-state index in [0.29, 0.717) is 12.5 Å². The zero-order valence-corrected chi connectivity index (χ0v) is 16.0. The minimum Gasteiger partial charge on any atom is -0.463 e. The standard InChI is InChI=1S/C22H38O2/c1-3-5-6-18-7-12-20(13-8-18)21-14-9-19(10-15-21)11-16-22(23)24-17-4-2/h11,16,18-21H,3-10,12-15,17H2,1-2H3. The van der Waals surface area contributed by atoms with Gasteiger partial charge in [0.1, 0.15) is 0 Å². The fourth-order valence-corrected chi connectivity index (χ4v) is 4.72. The van der Waals surface area contributed by atoms with Gasteiger partial charge in [-0.2, -0.15) is 0 Å². The largest absolute Gasteiger partial charge is 0.463 e. The van der Waals surface area contributed by atoms with Crippen LogP contribution in [0.2, 0.25) is 0 Å². The van der Waals surface area contributed by atoms with Crippen LogP contribution in [0.5, 0.6) is 0 Å². The van der Waals surface area contributed by atoms with Gasteiger partial charge in [0.25, 0.3) is 0 Å². The summed E-state index contributed by atoms with van der Waals surface area (Å²) in [5.41, 5.74) is 0. The van der Waals surface area contributed by atoms with E-state index in [2.05, 4.69) is 13.0 Å². The van der Waals surface area contributed by atoms with E-state index < -0.39 is 0 Å². The maximum atomic E-state index is 11.6. The third-order valence-electron chi connectivity index (χ3n) is 6.29. The lowest BCUT2D eigenvalue weighted by atomic mass is 9.68. The number of esters is 1. The average molecular weight is 335 g/mol. The Morgan fingerprint density at radius 1 is 0.917 bits per heavy atom. The summed E-state index contributed by atoms with van der Waals surface area (Å²) < 4.78 is 5.11. The Bertz CT molecular complexity index is 371. The summed E-state index contributed by atoms with van der Waals surface area (Å²) in [7, 11) is 0. The number of unbranched alkanes of at least 4 members (excludes halogenated alkanes) is 1. The van der Waals surface area contributed by atoms with Gasteiger partial charge >= 0.3 is 5.97 Å². The van der Waals surface area contributed by atoms with E-state index in [4.69, 9.17) is 4.74 Å². The topological polar surface area (TPSA) is 26.3 Å². The SMILES string of the molecule is CCCCC1CCC(C2CCC(C=CC(=O)OCCC)CC2)CC1. The van der Waals surface area contributed by atoms with Gasteiger partial charge in [0.15, 0.2) is 0 Å². The van der Waals surface area contributed by atoms with Crippen molar-refractivity contribution >= 4 is 5.97 Å². The second kappa shape index (κ2) is 10.9. The van der Waals surface area contributed by atoms with Gasteiger partial charge in [-0.25, -0.2) is 4.79 Å². The maximum absolute atomic E-state index is 11.6. The van der Waals surface area contributed by atoms with E-state index in [-0.39, 0.29) is 5.97 Å². The van der Waals surface area contributed by atoms with Crippen LogP contribution in [-0.2, 0) is 9.53 Å². The van der Waals surface area contributed by atoms with Crippen LogP contribution in [0.25, 0.3) is 0 Å². The predicted octanol–water partition coefficient (Wildman–Crippen LogP) is 6.30. The Balaban J connectivity index is 1.64. The quantitative estimate of drug-likeness (QED) is 0.384. The van der Waals surface area contributed by atoms with Crippen LogP contribution in [0.15, 0.2) is 12.2 Å². The van der Waals surface area contributed by atoms with E-state index in [0.717, 1.165) is 24.2 Å². The van der Waals surface area contributed by atoms with Crippen LogP contribution in [0.1, 0.15) is 90.9 Å². The van der Waals surface area contributed by atoms with Gasteiger partial charge in [-0.1, -0.05) is 52.0 Å². The molecule has 0 radical (unpaired) electrons. The number of allylic oxidation sites excluding steroid dienone is 1. The molecule has 2 nitrogen and oxygen atoms in total. The summed E-state index contributed by atoms with van der Waals surface area (Å²) in [6, 6.07) is 0. The van der Waals surface area contributed by atoms with E-state index in [1.807, 2.05) is 6.92 Å². The molecule has 0 spiro atoms. The summed E-state index contributed by atoms with van der Waals surface area (Å²) >= 11 is 0. The molecule has 2 aliphatic carbocycles. The highest BCUT2D eigenvalue weighted by atomic mass is 16.5. The van der Waals surface area contributed by atoms with Crippen molar-refractivity contribution in [2.75, 3.05) is 6.61 Å². The lowest BCUT2D eigenvalue weighted by Crippen LogP contribution is -2.25. The molecule has 0 saturated heterocycles. The fourth-order valence-electron chi connectivity index (χ4n) is 4.72. The summed E-state index contributed by atoms with van der Waals surface area (Å²) in [5.74, 6) is 3.39. The lowest BCUT2D eigenvalue weighted by molar-refractivity contribution is -0.137. The monoisotopic (exact) mass is 334 g/mol. The van der Waals surface area contributed by atoms with E-state index >= 15 is 0 Å². The third kappa shape index (κ3) is 6.61. The molecule has 0 bridgehead atoms. The summed E-state index contributed by atoms with van der Waals surface area (Å²) in [6.07, 6.45) is 20.1. The molecular weight excluding hydrogens is 296 g/mol. The molecule has 0 aliphatic heterocycles. The third-order valence-corrected chi connectivity index (χ3v) is 6.29. The normalized spacial score (nSPS) is 31.2. The first kappa shape index (κ1) is 19.5. The van der Waals surface area contributed by atoms with E-state index in [1.54, 1.807) is 6.08 Å². The molecule has 0 heterocycles. The van der Waals surface area contributed by atoms with Crippen LogP contribution >= 0.6 is 0 Å². The highest BCUT2D eigenvalue weighted by Crippen LogP contribution is 2.42. The molecule has 2 heteroatoms. The van der Waals surface area contributed by atoms with Gasteiger partial charge in [0, 0.05) is 6.08 Å². The molecule has 2 saturated carbocycles. The summed E-state index contributed by atoms with van der Waals surface area (Å²) in [4.78, 5) is 11.6. The first-order valence-electron chi connectivity index (χ1n) is 10.6. The first-order chi connectivity index (χ1) is 11.7. The highest BCUT2D eigenvalue weighted by molar-refractivity contribution is 5.81. The van der Waals surface area contributed by atoms with Crippen molar-refractivity contribution in [1.29, 1.82) is 0 Å². The second-order valence-electron chi connectivity index (χ2n) is 8.12. The van der Waals surface area contributed by atoms with Crippen molar-refractivity contribution in [3.8, 4) is 0 Å². The Kier molecular flexibility index (Phi) is 8.91. The average Bonchev–Trinajstić information content (AvgIpc) is 2.64. The molecule has 0 unspecified atom stereocenters. The molecule has 0 N–H and O–H groups in total. The zero-order valence-electron chi connectivity index (χ0n) is 16.0. The number of carbonyl (C=O) groups is 1. The number of hydrogen-bond donors (Lipinski definition) is 0. The molecule has 0 aromatic heterocycles. The Labute approximate surface area is 149 Å². The van der Waals surface area contributed by atoms with Crippen LogP contribution in [0.4, 0.5) is 0 Å². The highest BCUT2D eigenvalue weighted by Gasteiger charge is 2.30. The Morgan fingerprint density at radius 2 is 1.54 bits per heavy atom. The van der Waals surface area contributed by atoms with Gasteiger partial charge in [0.05, 0.1) is 6.61 Å². The lowest BCUT2D eigenvalue weighted by Gasteiger charge is -2.37. The van der Waals surface area contributed by atoms with Crippen molar-refractivity contribution < 1.29 is 9.53 Å². The van der Waals surface area contributed by atoms with Gasteiger partial charge in [-0.3, -0.25) is 0 Å². The summed E-state index contributed by atoms with van der Waals surface area (Å²) in [5, 5.41) is 0. The molecule has 2 rings (SSSR count).